The van der Waals surface area contributed by atoms with Crippen LogP contribution in [0.3, 0.4) is 0 Å². The Hall–Kier alpha value is -2.92. The molecule has 1 aliphatic carbocycles. The number of benzene rings is 2. The third-order valence-corrected chi connectivity index (χ3v) is 7.28. The van der Waals surface area contributed by atoms with Gasteiger partial charge in [-0.1, -0.05) is 31.8 Å². The average molecular weight is 516 g/mol. The van der Waals surface area contributed by atoms with Crippen molar-refractivity contribution in [2.45, 2.75) is 56.3 Å². The lowest BCUT2D eigenvalue weighted by Crippen LogP contribution is -2.26. The third kappa shape index (κ3) is 6.44. The van der Waals surface area contributed by atoms with E-state index in [1.807, 2.05) is 43.6 Å². The van der Waals surface area contributed by atoms with Crippen LogP contribution in [-0.4, -0.2) is 36.7 Å². The summed E-state index contributed by atoms with van der Waals surface area (Å²) in [6.07, 6.45) is 2.16. The van der Waals surface area contributed by atoms with Crippen molar-refractivity contribution in [1.29, 1.82) is 0 Å². The van der Waals surface area contributed by atoms with Crippen LogP contribution in [0.25, 0.3) is 10.9 Å². The van der Waals surface area contributed by atoms with Gasteiger partial charge in [-0.2, -0.15) is 13.2 Å². The highest BCUT2D eigenvalue weighted by atomic mass is 32.2. The summed E-state index contributed by atoms with van der Waals surface area (Å²) in [5, 5.41) is 7.45. The van der Waals surface area contributed by atoms with Gasteiger partial charge in [0.2, 0.25) is 0 Å². The van der Waals surface area contributed by atoms with Gasteiger partial charge in [0.05, 0.1) is 16.9 Å². The summed E-state index contributed by atoms with van der Waals surface area (Å²) in [5.41, 5.74) is 2.54. The van der Waals surface area contributed by atoms with Gasteiger partial charge >= 0.3 is 6.18 Å². The van der Waals surface area contributed by atoms with Gasteiger partial charge < -0.3 is 19.9 Å². The number of thioether (sulfide) groups is 1. The molecule has 0 amide bonds. The molecule has 3 aromatic rings. The highest BCUT2D eigenvalue weighted by molar-refractivity contribution is 7.98. The van der Waals surface area contributed by atoms with Crippen molar-refractivity contribution < 1.29 is 17.9 Å². The van der Waals surface area contributed by atoms with Crippen LogP contribution < -0.4 is 15.4 Å². The number of alkyl halides is 3. The zero-order valence-corrected chi connectivity index (χ0v) is 21.7. The molecule has 0 saturated heterocycles. The van der Waals surface area contributed by atoms with Crippen molar-refractivity contribution in [3.05, 3.63) is 48.2 Å². The van der Waals surface area contributed by atoms with E-state index in [2.05, 4.69) is 29.4 Å². The zero-order chi connectivity index (χ0) is 25.7. The fourth-order valence-electron chi connectivity index (χ4n) is 4.85. The van der Waals surface area contributed by atoms with Gasteiger partial charge in [-0.25, -0.2) is 0 Å². The Morgan fingerprint density at radius 3 is 2.69 bits per heavy atom. The molecule has 4 rings (SSSR count). The van der Waals surface area contributed by atoms with E-state index in [9.17, 15) is 13.2 Å². The van der Waals surface area contributed by atoms with E-state index < -0.39 is 12.7 Å². The van der Waals surface area contributed by atoms with Crippen LogP contribution in [-0.2, 0) is 6.54 Å². The molecule has 2 N–H and O–H groups in total. The second kappa shape index (κ2) is 11.4. The molecule has 4 nitrogen and oxygen atoms in total. The Kier molecular flexibility index (Phi) is 8.30. The molecule has 0 bridgehead atoms. The minimum atomic E-state index is -4.36. The number of nitrogens with one attached hydrogen (secondary N) is 2. The zero-order valence-electron chi connectivity index (χ0n) is 20.8. The molecule has 1 aliphatic rings. The lowest BCUT2D eigenvalue weighted by molar-refractivity contribution is -0.140. The van der Waals surface area contributed by atoms with Crippen molar-refractivity contribution in [2.24, 2.45) is 5.92 Å². The smallest absolute Gasteiger partial charge is 0.406 e. The molecule has 1 aromatic heterocycles. The van der Waals surface area contributed by atoms with Crippen LogP contribution in [0.2, 0.25) is 0 Å². The molecule has 8 heteroatoms. The predicted molar refractivity (Wildman–Crippen MR) is 143 cm³/mol. The standard InChI is InChI=1S/C28H32F3N3OS/c1-19-7-4-8-20(15-19)33-24-10-5-11-26-23(24)16-21(34(26)18-28(29,30)31)9-6-14-35-27-13-12-22(36-3)17-25(27)32-2/h5,10-13,16-17,19-20,32-33H,4,7-8,14-15,18H2,1-3H3/t19-,20-/m1/s1. The number of anilines is 2. The van der Waals surface area contributed by atoms with Gasteiger partial charge in [-0.15, -0.1) is 11.8 Å². The first-order chi connectivity index (χ1) is 17.3. The van der Waals surface area contributed by atoms with E-state index in [-0.39, 0.29) is 6.61 Å². The molecular weight excluding hydrogens is 483 g/mol. The Labute approximate surface area is 215 Å². The van der Waals surface area contributed by atoms with Gasteiger partial charge in [0.15, 0.2) is 0 Å². The van der Waals surface area contributed by atoms with Crippen LogP contribution in [0.4, 0.5) is 24.5 Å². The molecule has 0 unspecified atom stereocenters. The Bertz CT molecular complexity index is 1260. The number of ether oxygens (including phenoxy) is 1. The normalized spacial score (nSPS) is 17.9. The summed E-state index contributed by atoms with van der Waals surface area (Å²) in [4.78, 5) is 1.10. The summed E-state index contributed by atoms with van der Waals surface area (Å²) in [6.45, 7) is 1.22. The number of hydrogen-bond donors (Lipinski definition) is 2. The van der Waals surface area contributed by atoms with Crippen molar-refractivity contribution in [3.8, 4) is 17.6 Å². The third-order valence-electron chi connectivity index (χ3n) is 6.55. The van der Waals surface area contributed by atoms with E-state index in [1.54, 1.807) is 23.9 Å². The fraction of sp³-hybridized carbons (Fsp3) is 0.429. The van der Waals surface area contributed by atoms with E-state index in [0.717, 1.165) is 40.9 Å². The van der Waals surface area contributed by atoms with Crippen molar-refractivity contribution >= 4 is 34.0 Å². The molecule has 192 valence electrons. The minimum absolute atomic E-state index is 0.0614. The van der Waals surface area contributed by atoms with E-state index in [0.29, 0.717) is 28.9 Å². The Morgan fingerprint density at radius 2 is 1.97 bits per heavy atom. The summed E-state index contributed by atoms with van der Waals surface area (Å²) >= 11 is 1.63. The first-order valence-corrected chi connectivity index (χ1v) is 13.4. The first kappa shape index (κ1) is 26.2. The highest BCUT2D eigenvalue weighted by Crippen LogP contribution is 2.33. The summed E-state index contributed by atoms with van der Waals surface area (Å²) < 4.78 is 47.5. The summed E-state index contributed by atoms with van der Waals surface area (Å²) in [5.74, 6) is 7.13. The topological polar surface area (TPSA) is 38.2 Å². The van der Waals surface area contributed by atoms with Crippen LogP contribution in [0, 0.1) is 17.8 Å². The number of fused-ring (bicyclic) bond motifs is 1. The number of halogens is 3. The largest absolute Gasteiger partial charge is 0.479 e. The lowest BCUT2D eigenvalue weighted by atomic mass is 9.87. The van der Waals surface area contributed by atoms with Crippen molar-refractivity contribution in [3.63, 3.8) is 0 Å². The maximum atomic E-state index is 13.5. The van der Waals surface area contributed by atoms with Crippen molar-refractivity contribution in [2.75, 3.05) is 30.5 Å². The molecule has 0 aliphatic heterocycles. The number of rotatable bonds is 7. The molecule has 1 heterocycles. The van der Waals surface area contributed by atoms with Crippen molar-refractivity contribution in [1.82, 2.24) is 4.57 Å². The van der Waals surface area contributed by atoms with Gasteiger partial charge in [0.1, 0.15) is 18.9 Å². The lowest BCUT2D eigenvalue weighted by Gasteiger charge is -2.28. The minimum Gasteiger partial charge on any atom is -0.479 e. The number of aromatic nitrogens is 1. The summed E-state index contributed by atoms with van der Waals surface area (Å²) in [7, 11) is 1.81. The SMILES string of the molecule is CNc1cc(SC)ccc1OCC#Cc1cc2c(N[C@@H]3CCC[C@@H](C)C3)cccc2n1CC(F)(F)F. The van der Waals surface area contributed by atoms with Crippen LogP contribution in [0.5, 0.6) is 5.75 Å². The molecular formula is C28H32F3N3OS. The molecule has 1 saturated carbocycles. The fourth-order valence-corrected chi connectivity index (χ4v) is 5.29. The highest BCUT2D eigenvalue weighted by Gasteiger charge is 2.30. The Morgan fingerprint density at radius 1 is 1.14 bits per heavy atom. The Balaban J connectivity index is 1.60. The van der Waals surface area contributed by atoms with E-state index in [4.69, 9.17) is 4.74 Å². The maximum absolute atomic E-state index is 13.5. The second-order valence-corrected chi connectivity index (χ2v) is 10.2. The van der Waals surface area contributed by atoms with Crippen LogP contribution >= 0.6 is 11.8 Å². The van der Waals surface area contributed by atoms with E-state index >= 15 is 0 Å². The molecule has 36 heavy (non-hydrogen) atoms. The molecule has 0 radical (unpaired) electrons. The van der Waals surface area contributed by atoms with Crippen LogP contribution in [0.1, 0.15) is 38.3 Å². The quantitative estimate of drug-likeness (QED) is 0.254. The molecule has 1 fully saturated rings. The number of hydrogen-bond acceptors (Lipinski definition) is 4. The summed E-state index contributed by atoms with van der Waals surface area (Å²) in [6, 6.07) is 13.4. The monoisotopic (exact) mass is 515 g/mol. The average Bonchev–Trinajstić information content (AvgIpc) is 3.18. The van der Waals surface area contributed by atoms with Gasteiger partial charge in [-0.3, -0.25) is 0 Å². The maximum Gasteiger partial charge on any atom is 0.406 e. The van der Waals surface area contributed by atoms with Gasteiger partial charge in [0, 0.05) is 29.1 Å². The van der Waals surface area contributed by atoms with E-state index in [1.165, 1.54) is 11.0 Å². The van der Waals surface area contributed by atoms with Crippen LogP contribution in [0.15, 0.2) is 47.4 Å². The predicted octanol–water partition coefficient (Wildman–Crippen LogP) is 7.39. The molecule has 0 spiro atoms. The van der Waals surface area contributed by atoms with Gasteiger partial charge in [0.25, 0.3) is 0 Å². The second-order valence-electron chi connectivity index (χ2n) is 9.28. The number of nitrogens with zero attached hydrogens (tertiary/aromatic N) is 1. The first-order valence-electron chi connectivity index (χ1n) is 12.2. The molecule has 2 aromatic carbocycles. The van der Waals surface area contributed by atoms with Gasteiger partial charge in [-0.05, 0) is 67.3 Å². The molecule has 2 atom stereocenters.